The van der Waals surface area contributed by atoms with Crippen LogP contribution in [0.3, 0.4) is 0 Å². The monoisotopic (exact) mass is 231 g/mol. The fourth-order valence-electron chi connectivity index (χ4n) is 2.84. The molecular formula is C15H21NO. The maximum atomic E-state index is 11.7. The molecule has 1 saturated carbocycles. The van der Waals surface area contributed by atoms with Crippen molar-refractivity contribution in [2.24, 2.45) is 5.92 Å². The lowest BCUT2D eigenvalue weighted by molar-refractivity contribution is -0.121. The molecule has 92 valence electrons. The van der Waals surface area contributed by atoms with Gasteiger partial charge in [0, 0.05) is 19.4 Å². The van der Waals surface area contributed by atoms with Gasteiger partial charge in [0.25, 0.3) is 0 Å². The minimum atomic E-state index is 0.417. The average molecular weight is 231 g/mol. The summed E-state index contributed by atoms with van der Waals surface area (Å²) in [7, 11) is 4.22. The van der Waals surface area contributed by atoms with Crippen molar-refractivity contribution in [1.29, 1.82) is 0 Å². The Hall–Kier alpha value is -1.15. The lowest BCUT2D eigenvalue weighted by Gasteiger charge is -2.33. The highest BCUT2D eigenvalue weighted by atomic mass is 16.1. The minimum absolute atomic E-state index is 0.417. The van der Waals surface area contributed by atoms with Gasteiger partial charge in [-0.25, -0.2) is 0 Å². The van der Waals surface area contributed by atoms with Crippen LogP contribution in [0.5, 0.6) is 0 Å². The van der Waals surface area contributed by atoms with Gasteiger partial charge in [-0.3, -0.25) is 4.79 Å². The van der Waals surface area contributed by atoms with E-state index in [4.69, 9.17) is 0 Å². The Morgan fingerprint density at radius 2 is 1.94 bits per heavy atom. The standard InChI is InChI=1S/C15H21NO/c1-16(2)11-13-8-9-14(17)10-15(13)12-6-4-3-5-7-12/h3-7,13,15H,8-11H2,1-2H3/t13-,15+/m0/s1. The van der Waals surface area contributed by atoms with Gasteiger partial charge < -0.3 is 4.90 Å². The van der Waals surface area contributed by atoms with E-state index >= 15 is 0 Å². The molecule has 1 aromatic rings. The van der Waals surface area contributed by atoms with E-state index in [1.165, 1.54) is 5.56 Å². The molecule has 2 rings (SSSR count). The number of hydrogen-bond acceptors (Lipinski definition) is 2. The van der Waals surface area contributed by atoms with Crippen LogP contribution in [0.25, 0.3) is 0 Å². The first-order valence-corrected chi connectivity index (χ1v) is 6.38. The number of carbonyl (C=O) groups excluding carboxylic acids is 1. The molecule has 2 nitrogen and oxygen atoms in total. The van der Waals surface area contributed by atoms with Crippen LogP contribution in [0.1, 0.15) is 30.7 Å². The number of Topliss-reactive ketones (excluding diaryl/α,β-unsaturated/α-hetero) is 1. The van der Waals surface area contributed by atoms with Gasteiger partial charge in [-0.05, 0) is 37.9 Å². The molecule has 0 aliphatic heterocycles. The van der Waals surface area contributed by atoms with Gasteiger partial charge in [0.1, 0.15) is 5.78 Å². The van der Waals surface area contributed by atoms with E-state index in [0.717, 1.165) is 25.8 Å². The molecule has 1 fully saturated rings. The molecule has 1 aliphatic carbocycles. The van der Waals surface area contributed by atoms with Crippen LogP contribution in [0.15, 0.2) is 30.3 Å². The van der Waals surface area contributed by atoms with Crippen molar-refractivity contribution < 1.29 is 4.79 Å². The van der Waals surface area contributed by atoms with Gasteiger partial charge in [0.05, 0.1) is 0 Å². The normalized spacial score (nSPS) is 25.2. The molecule has 17 heavy (non-hydrogen) atoms. The maximum Gasteiger partial charge on any atom is 0.133 e. The minimum Gasteiger partial charge on any atom is -0.309 e. The molecule has 1 aromatic carbocycles. The van der Waals surface area contributed by atoms with Crippen LogP contribution in [0.2, 0.25) is 0 Å². The van der Waals surface area contributed by atoms with Crippen LogP contribution < -0.4 is 0 Å². The lowest BCUT2D eigenvalue weighted by Crippen LogP contribution is -2.31. The Bertz CT molecular complexity index is 372. The van der Waals surface area contributed by atoms with Crippen LogP contribution in [-0.2, 0) is 4.79 Å². The first kappa shape index (κ1) is 12.3. The van der Waals surface area contributed by atoms with Gasteiger partial charge in [0.2, 0.25) is 0 Å². The average Bonchev–Trinajstić information content (AvgIpc) is 2.32. The Labute approximate surface area is 104 Å². The number of hydrogen-bond donors (Lipinski definition) is 0. The predicted molar refractivity (Wildman–Crippen MR) is 70.1 cm³/mol. The van der Waals surface area contributed by atoms with Crippen molar-refractivity contribution >= 4 is 5.78 Å². The second-order valence-corrected chi connectivity index (χ2v) is 5.32. The van der Waals surface area contributed by atoms with Crippen molar-refractivity contribution in [1.82, 2.24) is 4.90 Å². The van der Waals surface area contributed by atoms with E-state index in [9.17, 15) is 4.79 Å². The van der Waals surface area contributed by atoms with Crippen LogP contribution in [-0.4, -0.2) is 31.3 Å². The smallest absolute Gasteiger partial charge is 0.133 e. The third-order valence-electron chi connectivity index (χ3n) is 3.64. The number of rotatable bonds is 3. The first-order valence-electron chi connectivity index (χ1n) is 6.38. The SMILES string of the molecule is CN(C)C[C@@H]1CCC(=O)C[C@@H]1c1ccccc1. The van der Waals surface area contributed by atoms with Gasteiger partial charge >= 0.3 is 0 Å². The Kier molecular flexibility index (Phi) is 3.95. The molecule has 0 saturated heterocycles. The zero-order valence-electron chi connectivity index (χ0n) is 10.7. The molecule has 2 atom stereocenters. The molecule has 0 spiro atoms. The molecule has 2 heteroatoms. The third-order valence-corrected chi connectivity index (χ3v) is 3.64. The highest BCUT2D eigenvalue weighted by Crippen LogP contribution is 2.36. The van der Waals surface area contributed by atoms with Crippen molar-refractivity contribution in [3.8, 4) is 0 Å². The van der Waals surface area contributed by atoms with Crippen molar-refractivity contribution in [2.45, 2.75) is 25.2 Å². The second-order valence-electron chi connectivity index (χ2n) is 5.32. The molecule has 0 aromatic heterocycles. The van der Waals surface area contributed by atoms with E-state index in [1.807, 2.05) is 6.07 Å². The molecular weight excluding hydrogens is 210 g/mol. The van der Waals surface area contributed by atoms with E-state index in [0.29, 0.717) is 17.6 Å². The van der Waals surface area contributed by atoms with Crippen LogP contribution in [0, 0.1) is 5.92 Å². The zero-order chi connectivity index (χ0) is 12.3. The summed E-state index contributed by atoms with van der Waals surface area (Å²) in [6.07, 6.45) is 2.53. The van der Waals surface area contributed by atoms with Gasteiger partial charge in [-0.2, -0.15) is 0 Å². The largest absolute Gasteiger partial charge is 0.309 e. The van der Waals surface area contributed by atoms with E-state index in [-0.39, 0.29) is 0 Å². The molecule has 0 amide bonds. The lowest BCUT2D eigenvalue weighted by atomic mass is 9.75. The fraction of sp³-hybridized carbons (Fsp3) is 0.533. The van der Waals surface area contributed by atoms with Crippen LogP contribution in [0.4, 0.5) is 0 Å². The summed E-state index contributed by atoms with van der Waals surface area (Å²) in [5, 5.41) is 0. The number of ketones is 1. The van der Waals surface area contributed by atoms with Crippen molar-refractivity contribution in [2.75, 3.05) is 20.6 Å². The van der Waals surface area contributed by atoms with Crippen molar-refractivity contribution in [3.05, 3.63) is 35.9 Å². The number of carbonyl (C=O) groups is 1. The van der Waals surface area contributed by atoms with Gasteiger partial charge in [-0.15, -0.1) is 0 Å². The summed E-state index contributed by atoms with van der Waals surface area (Å²) in [6, 6.07) is 10.5. The van der Waals surface area contributed by atoms with Gasteiger partial charge in [0.15, 0.2) is 0 Å². The van der Waals surface area contributed by atoms with E-state index in [1.54, 1.807) is 0 Å². The Morgan fingerprint density at radius 1 is 1.24 bits per heavy atom. The molecule has 1 aliphatic rings. The summed E-state index contributed by atoms with van der Waals surface area (Å²) in [5.41, 5.74) is 1.33. The molecule has 0 N–H and O–H groups in total. The number of benzene rings is 1. The zero-order valence-corrected chi connectivity index (χ0v) is 10.7. The molecule has 0 heterocycles. The highest BCUT2D eigenvalue weighted by molar-refractivity contribution is 5.80. The van der Waals surface area contributed by atoms with E-state index < -0.39 is 0 Å². The summed E-state index contributed by atoms with van der Waals surface area (Å²) >= 11 is 0. The summed E-state index contributed by atoms with van der Waals surface area (Å²) in [5.74, 6) is 1.46. The molecule has 0 radical (unpaired) electrons. The maximum absolute atomic E-state index is 11.7. The van der Waals surface area contributed by atoms with Crippen molar-refractivity contribution in [3.63, 3.8) is 0 Å². The quantitative estimate of drug-likeness (QED) is 0.797. The number of nitrogens with zero attached hydrogens (tertiary/aromatic N) is 1. The first-order chi connectivity index (χ1) is 8.16. The van der Waals surface area contributed by atoms with Crippen LogP contribution >= 0.6 is 0 Å². The Morgan fingerprint density at radius 3 is 2.59 bits per heavy atom. The van der Waals surface area contributed by atoms with Gasteiger partial charge in [-0.1, -0.05) is 30.3 Å². The highest BCUT2D eigenvalue weighted by Gasteiger charge is 2.30. The predicted octanol–water partition coefficient (Wildman–Crippen LogP) is 2.70. The Balaban J connectivity index is 2.17. The van der Waals surface area contributed by atoms with E-state index in [2.05, 4.69) is 43.3 Å². The topological polar surface area (TPSA) is 20.3 Å². The summed E-state index contributed by atoms with van der Waals surface area (Å²) in [6.45, 7) is 1.08. The fourth-order valence-corrected chi connectivity index (χ4v) is 2.84. The second kappa shape index (κ2) is 5.46. The molecule has 0 bridgehead atoms. The third kappa shape index (κ3) is 3.16. The summed E-state index contributed by atoms with van der Waals surface area (Å²) < 4.78 is 0. The molecule has 0 unspecified atom stereocenters. The summed E-state index contributed by atoms with van der Waals surface area (Å²) in [4.78, 5) is 13.9.